The molecule has 0 amide bonds. The molecule has 25 heavy (non-hydrogen) atoms. The Morgan fingerprint density at radius 3 is 3.00 bits per heavy atom. The maximum absolute atomic E-state index is 12.7. The molecule has 0 N–H and O–H groups in total. The standard InChI is InChI=1S/C19H17ClN4O/c1-11(8-15-18-14(6-7-21-18)22-10-23-15)16-9-12-4-3-5-13(20)17(12)19(25)24(16)2/h3-5,7,9-11H,6,8H2,1-2H3/t11-/m1/s1. The first-order chi connectivity index (χ1) is 12.1. The zero-order chi connectivity index (χ0) is 17.6. The van der Waals surface area contributed by atoms with Gasteiger partial charge in [0.25, 0.3) is 5.56 Å². The molecule has 0 unspecified atom stereocenters. The molecular formula is C19H17ClN4O. The SMILES string of the molecule is C[C@H](Cc1ncnc2c1N=CC2)c1cc2cccc(Cl)c2c(=O)n1C. The number of hydrogen-bond acceptors (Lipinski definition) is 4. The molecule has 0 aliphatic carbocycles. The van der Waals surface area contributed by atoms with E-state index >= 15 is 0 Å². The van der Waals surface area contributed by atoms with Crippen molar-refractivity contribution in [3.8, 4) is 0 Å². The third-order valence-electron chi connectivity index (χ3n) is 4.74. The third-order valence-corrected chi connectivity index (χ3v) is 5.05. The number of hydrogen-bond donors (Lipinski definition) is 0. The molecule has 4 rings (SSSR count). The Morgan fingerprint density at radius 2 is 2.16 bits per heavy atom. The second-order valence-corrected chi connectivity index (χ2v) is 6.78. The Labute approximate surface area is 150 Å². The van der Waals surface area contributed by atoms with Crippen molar-refractivity contribution in [3.63, 3.8) is 0 Å². The maximum atomic E-state index is 12.7. The Hall–Kier alpha value is -2.53. The average Bonchev–Trinajstić information content (AvgIpc) is 3.07. The van der Waals surface area contributed by atoms with E-state index < -0.39 is 0 Å². The lowest BCUT2D eigenvalue weighted by molar-refractivity contribution is 0.654. The van der Waals surface area contributed by atoms with Crippen molar-refractivity contribution < 1.29 is 0 Å². The zero-order valence-corrected chi connectivity index (χ0v) is 14.8. The summed E-state index contributed by atoms with van der Waals surface area (Å²) >= 11 is 6.21. The molecule has 0 bridgehead atoms. The summed E-state index contributed by atoms with van der Waals surface area (Å²) in [6.07, 6.45) is 4.91. The normalized spacial score (nSPS) is 14.0. The van der Waals surface area contributed by atoms with Crippen molar-refractivity contribution in [1.82, 2.24) is 14.5 Å². The highest BCUT2D eigenvalue weighted by Crippen LogP contribution is 2.30. The van der Waals surface area contributed by atoms with Gasteiger partial charge in [-0.25, -0.2) is 9.97 Å². The minimum absolute atomic E-state index is 0.0733. The zero-order valence-electron chi connectivity index (χ0n) is 14.0. The number of aliphatic imine (C=N–C) groups is 1. The van der Waals surface area contributed by atoms with Crippen LogP contribution >= 0.6 is 11.6 Å². The second kappa shape index (κ2) is 6.08. The van der Waals surface area contributed by atoms with E-state index in [0.717, 1.165) is 34.6 Å². The fourth-order valence-corrected chi connectivity index (χ4v) is 3.69. The van der Waals surface area contributed by atoms with Gasteiger partial charge in [-0.3, -0.25) is 9.79 Å². The smallest absolute Gasteiger partial charge is 0.259 e. The fourth-order valence-electron chi connectivity index (χ4n) is 3.42. The summed E-state index contributed by atoms with van der Waals surface area (Å²) in [6, 6.07) is 7.57. The number of halogens is 1. The number of nitrogens with zero attached hydrogens (tertiary/aromatic N) is 4. The van der Waals surface area contributed by atoms with Gasteiger partial charge in [0.1, 0.15) is 12.0 Å². The molecule has 1 aromatic carbocycles. The van der Waals surface area contributed by atoms with Gasteiger partial charge in [0.2, 0.25) is 0 Å². The van der Waals surface area contributed by atoms with Gasteiger partial charge in [-0.1, -0.05) is 30.7 Å². The van der Waals surface area contributed by atoms with Crippen LogP contribution in [0, 0.1) is 0 Å². The van der Waals surface area contributed by atoms with Crippen LogP contribution in [-0.2, 0) is 19.9 Å². The summed E-state index contributed by atoms with van der Waals surface area (Å²) in [5.74, 6) is 0.107. The van der Waals surface area contributed by atoms with E-state index in [9.17, 15) is 4.79 Å². The van der Waals surface area contributed by atoms with Crippen LogP contribution in [0.25, 0.3) is 10.8 Å². The van der Waals surface area contributed by atoms with Crippen LogP contribution in [0.15, 0.2) is 40.4 Å². The lowest BCUT2D eigenvalue weighted by atomic mass is 9.97. The van der Waals surface area contributed by atoms with Crippen molar-refractivity contribution in [3.05, 3.63) is 63.1 Å². The van der Waals surface area contributed by atoms with Gasteiger partial charge in [0.15, 0.2) is 0 Å². The first-order valence-electron chi connectivity index (χ1n) is 8.19. The number of aromatic nitrogens is 3. The van der Waals surface area contributed by atoms with Gasteiger partial charge >= 0.3 is 0 Å². The van der Waals surface area contributed by atoms with Crippen LogP contribution in [-0.4, -0.2) is 20.7 Å². The quantitative estimate of drug-likeness (QED) is 0.723. The van der Waals surface area contributed by atoms with E-state index in [4.69, 9.17) is 11.6 Å². The van der Waals surface area contributed by atoms with Gasteiger partial charge in [0, 0.05) is 31.3 Å². The molecule has 1 aliphatic rings. The second-order valence-electron chi connectivity index (χ2n) is 6.37. The Balaban J connectivity index is 1.78. The molecule has 3 heterocycles. The summed E-state index contributed by atoms with van der Waals surface area (Å²) in [4.78, 5) is 25.8. The van der Waals surface area contributed by atoms with E-state index in [1.165, 1.54) is 0 Å². The third kappa shape index (κ3) is 2.65. The number of fused-ring (bicyclic) bond motifs is 2. The van der Waals surface area contributed by atoms with Crippen LogP contribution in [0.1, 0.15) is 29.9 Å². The molecule has 1 aliphatic heterocycles. The monoisotopic (exact) mass is 352 g/mol. The minimum Gasteiger partial charge on any atom is -0.315 e. The number of benzene rings is 1. The summed E-state index contributed by atoms with van der Waals surface area (Å²) in [5, 5.41) is 1.92. The van der Waals surface area contributed by atoms with Crippen LogP contribution < -0.4 is 5.56 Å². The predicted molar refractivity (Wildman–Crippen MR) is 100 cm³/mol. The van der Waals surface area contributed by atoms with Crippen molar-refractivity contribution in [2.45, 2.75) is 25.7 Å². The molecule has 5 nitrogen and oxygen atoms in total. The van der Waals surface area contributed by atoms with Crippen molar-refractivity contribution in [2.75, 3.05) is 0 Å². The first kappa shape index (κ1) is 16.0. The van der Waals surface area contributed by atoms with Crippen molar-refractivity contribution in [1.29, 1.82) is 0 Å². The molecule has 6 heteroatoms. The van der Waals surface area contributed by atoms with Crippen LogP contribution in [0.2, 0.25) is 5.02 Å². The Kier molecular flexibility index (Phi) is 3.88. The van der Waals surface area contributed by atoms with Crippen LogP contribution in [0.4, 0.5) is 5.69 Å². The molecule has 3 aromatic rings. The van der Waals surface area contributed by atoms with E-state index in [0.29, 0.717) is 16.8 Å². The van der Waals surface area contributed by atoms with Gasteiger partial charge in [-0.2, -0.15) is 0 Å². The van der Waals surface area contributed by atoms with Crippen LogP contribution in [0.3, 0.4) is 0 Å². The molecule has 0 fully saturated rings. The van der Waals surface area contributed by atoms with E-state index in [1.54, 1.807) is 24.0 Å². The van der Waals surface area contributed by atoms with Crippen molar-refractivity contribution >= 4 is 34.3 Å². The van der Waals surface area contributed by atoms with E-state index in [2.05, 4.69) is 21.9 Å². The minimum atomic E-state index is -0.0733. The van der Waals surface area contributed by atoms with Gasteiger partial charge in [-0.15, -0.1) is 0 Å². The van der Waals surface area contributed by atoms with E-state index in [-0.39, 0.29) is 11.5 Å². The summed E-state index contributed by atoms with van der Waals surface area (Å²) < 4.78 is 1.68. The maximum Gasteiger partial charge on any atom is 0.259 e. The molecule has 0 saturated heterocycles. The molecule has 2 aromatic heterocycles. The summed E-state index contributed by atoms with van der Waals surface area (Å²) in [6.45, 7) is 2.10. The highest BCUT2D eigenvalue weighted by molar-refractivity contribution is 6.35. The predicted octanol–water partition coefficient (Wildman–Crippen LogP) is 3.59. The highest BCUT2D eigenvalue weighted by Gasteiger charge is 2.19. The van der Waals surface area contributed by atoms with Crippen molar-refractivity contribution in [2.24, 2.45) is 12.0 Å². The first-order valence-corrected chi connectivity index (χ1v) is 8.57. The topological polar surface area (TPSA) is 60.1 Å². The molecular weight excluding hydrogens is 336 g/mol. The molecule has 0 saturated carbocycles. The molecule has 1 atom stereocenters. The largest absolute Gasteiger partial charge is 0.315 e. The average molecular weight is 353 g/mol. The Bertz CT molecular complexity index is 1070. The molecule has 0 radical (unpaired) electrons. The summed E-state index contributed by atoms with van der Waals surface area (Å²) in [7, 11) is 1.79. The highest BCUT2D eigenvalue weighted by atomic mass is 35.5. The lowest BCUT2D eigenvalue weighted by Gasteiger charge is -2.17. The van der Waals surface area contributed by atoms with E-state index in [1.807, 2.05) is 24.4 Å². The van der Waals surface area contributed by atoms with Crippen LogP contribution in [0.5, 0.6) is 0 Å². The fraction of sp³-hybridized carbons (Fsp3) is 0.263. The lowest BCUT2D eigenvalue weighted by Crippen LogP contribution is -2.22. The number of pyridine rings is 1. The van der Waals surface area contributed by atoms with Gasteiger partial charge < -0.3 is 4.57 Å². The van der Waals surface area contributed by atoms with Gasteiger partial charge in [-0.05, 0) is 23.9 Å². The summed E-state index contributed by atoms with van der Waals surface area (Å²) in [5.41, 5.74) is 3.65. The Morgan fingerprint density at radius 1 is 1.32 bits per heavy atom. The van der Waals surface area contributed by atoms with Gasteiger partial charge in [0.05, 0.1) is 21.8 Å². The molecule has 0 spiro atoms. The molecule has 126 valence electrons. The number of rotatable bonds is 3.